The number of rotatable bonds is 5. The van der Waals surface area contributed by atoms with E-state index in [1.165, 1.54) is 11.3 Å². The first kappa shape index (κ1) is 15.4. The molecule has 0 aliphatic heterocycles. The normalized spacial score (nSPS) is 10.7. The summed E-state index contributed by atoms with van der Waals surface area (Å²) in [7, 11) is 0. The fourth-order valence-electron chi connectivity index (χ4n) is 2.40. The van der Waals surface area contributed by atoms with Gasteiger partial charge in [-0.25, -0.2) is 4.98 Å². The molecule has 6 heteroatoms. The molecule has 0 unspecified atom stereocenters. The van der Waals surface area contributed by atoms with Gasteiger partial charge in [-0.2, -0.15) is 0 Å². The highest BCUT2D eigenvalue weighted by Crippen LogP contribution is 2.23. The van der Waals surface area contributed by atoms with Crippen molar-refractivity contribution in [3.63, 3.8) is 0 Å². The lowest BCUT2D eigenvalue weighted by Crippen LogP contribution is -2.22. The van der Waals surface area contributed by atoms with Gasteiger partial charge >= 0.3 is 0 Å². The molecule has 0 spiro atoms. The predicted octanol–water partition coefficient (Wildman–Crippen LogP) is 4.61. The van der Waals surface area contributed by atoms with E-state index in [1.54, 1.807) is 12.3 Å². The Kier molecular flexibility index (Phi) is 4.18. The molecule has 0 radical (unpaired) electrons. The van der Waals surface area contributed by atoms with Crippen molar-refractivity contribution in [2.75, 3.05) is 0 Å². The van der Waals surface area contributed by atoms with Gasteiger partial charge in [0.1, 0.15) is 11.3 Å². The van der Waals surface area contributed by atoms with Gasteiger partial charge in [-0.3, -0.25) is 4.79 Å². The summed E-state index contributed by atoms with van der Waals surface area (Å²) >= 11 is 1.43. The van der Waals surface area contributed by atoms with E-state index in [2.05, 4.69) is 10.3 Å². The van der Waals surface area contributed by atoms with Crippen LogP contribution in [0.5, 0.6) is 10.9 Å². The van der Waals surface area contributed by atoms with E-state index in [-0.39, 0.29) is 5.91 Å². The van der Waals surface area contributed by atoms with Crippen LogP contribution >= 0.6 is 11.3 Å². The third-order valence-corrected chi connectivity index (χ3v) is 4.29. The van der Waals surface area contributed by atoms with Crippen LogP contribution in [0.1, 0.15) is 16.1 Å². The fourth-order valence-corrected chi connectivity index (χ4v) is 2.90. The number of hydrogen-bond donors (Lipinski definition) is 1. The summed E-state index contributed by atoms with van der Waals surface area (Å²) in [6.07, 6.45) is 1.70. The van der Waals surface area contributed by atoms with Crippen molar-refractivity contribution >= 4 is 28.2 Å². The van der Waals surface area contributed by atoms with E-state index in [1.807, 2.05) is 53.9 Å². The van der Waals surface area contributed by atoms with Crippen LogP contribution in [0.15, 0.2) is 70.6 Å². The molecule has 0 bridgehead atoms. The number of carbonyl (C=O) groups is 1. The van der Waals surface area contributed by atoms with E-state index < -0.39 is 0 Å². The predicted molar refractivity (Wildman–Crippen MR) is 96.0 cm³/mol. The topological polar surface area (TPSA) is 64.4 Å². The Labute approximate surface area is 147 Å². The lowest BCUT2D eigenvalue weighted by Gasteiger charge is -2.05. The van der Waals surface area contributed by atoms with Crippen molar-refractivity contribution in [1.82, 2.24) is 10.3 Å². The van der Waals surface area contributed by atoms with Gasteiger partial charge in [0.2, 0.25) is 0 Å². The smallest absolute Gasteiger partial charge is 0.287 e. The molecule has 2 heterocycles. The Morgan fingerprint density at radius 2 is 2.00 bits per heavy atom. The molecule has 0 saturated heterocycles. The zero-order valence-corrected chi connectivity index (χ0v) is 14.0. The fraction of sp³-hybridized carbons (Fsp3) is 0.0526. The molecule has 0 atom stereocenters. The largest absolute Gasteiger partial charge is 0.451 e. The van der Waals surface area contributed by atoms with Crippen LogP contribution in [-0.4, -0.2) is 10.9 Å². The van der Waals surface area contributed by atoms with Gasteiger partial charge < -0.3 is 14.5 Å². The summed E-state index contributed by atoms with van der Waals surface area (Å²) in [6.45, 7) is 0.410. The number of ether oxygens (including phenoxy) is 1. The van der Waals surface area contributed by atoms with Crippen LogP contribution in [0, 0.1) is 0 Å². The minimum atomic E-state index is -0.237. The number of benzene rings is 2. The zero-order chi connectivity index (χ0) is 17.1. The zero-order valence-electron chi connectivity index (χ0n) is 13.1. The molecule has 2 aromatic heterocycles. The van der Waals surface area contributed by atoms with Crippen molar-refractivity contribution < 1.29 is 13.9 Å². The average Bonchev–Trinajstić information content (AvgIpc) is 3.30. The van der Waals surface area contributed by atoms with Gasteiger partial charge in [-0.15, -0.1) is 0 Å². The number of nitrogens with zero attached hydrogens (tertiary/aromatic N) is 1. The van der Waals surface area contributed by atoms with E-state index in [9.17, 15) is 4.79 Å². The van der Waals surface area contributed by atoms with Gasteiger partial charge in [-0.1, -0.05) is 41.7 Å². The molecule has 0 aliphatic carbocycles. The Morgan fingerprint density at radius 1 is 1.16 bits per heavy atom. The number of nitrogens with one attached hydrogen (secondary N) is 1. The van der Waals surface area contributed by atoms with Crippen LogP contribution in [-0.2, 0) is 6.54 Å². The summed E-state index contributed by atoms with van der Waals surface area (Å²) in [6, 6.07) is 16.8. The Balaban J connectivity index is 1.38. The van der Waals surface area contributed by atoms with E-state index in [4.69, 9.17) is 9.15 Å². The maximum absolute atomic E-state index is 12.2. The standard InChI is InChI=1S/C19H14N2O3S/c22-18(17-11-14-3-1-2-4-16(14)24-17)21-12-13-5-7-15(8-6-13)23-19-20-9-10-25-19/h1-11H,12H2,(H,21,22). The first-order chi connectivity index (χ1) is 12.3. The molecule has 4 aromatic rings. The van der Waals surface area contributed by atoms with Crippen molar-refractivity contribution in [1.29, 1.82) is 0 Å². The highest BCUT2D eigenvalue weighted by Gasteiger charge is 2.11. The molecule has 0 saturated carbocycles. The number of amides is 1. The van der Waals surface area contributed by atoms with Crippen LogP contribution in [0.3, 0.4) is 0 Å². The number of thiazole rings is 1. The van der Waals surface area contributed by atoms with Gasteiger partial charge in [0.15, 0.2) is 5.76 Å². The van der Waals surface area contributed by atoms with E-state index in [0.29, 0.717) is 28.8 Å². The average molecular weight is 350 g/mol. The number of fused-ring (bicyclic) bond motifs is 1. The lowest BCUT2D eigenvalue weighted by molar-refractivity contribution is 0.0925. The molecule has 0 fully saturated rings. The summed E-state index contributed by atoms with van der Waals surface area (Å²) < 4.78 is 11.2. The van der Waals surface area contributed by atoms with Gasteiger partial charge in [0.05, 0.1) is 0 Å². The van der Waals surface area contributed by atoms with Gasteiger partial charge in [0.25, 0.3) is 11.1 Å². The molecule has 4 rings (SSSR count). The summed E-state index contributed by atoms with van der Waals surface area (Å²) in [5, 5.41) is 6.23. The summed E-state index contributed by atoms with van der Waals surface area (Å²) in [4.78, 5) is 16.3. The maximum atomic E-state index is 12.2. The van der Waals surface area contributed by atoms with Crippen LogP contribution < -0.4 is 10.1 Å². The molecule has 2 aromatic carbocycles. The highest BCUT2D eigenvalue weighted by atomic mass is 32.1. The Bertz CT molecular complexity index is 958. The molecule has 0 aliphatic rings. The number of carbonyl (C=O) groups excluding carboxylic acids is 1. The van der Waals surface area contributed by atoms with E-state index in [0.717, 1.165) is 10.9 Å². The molecular formula is C19H14N2O3S. The number of aromatic nitrogens is 1. The second-order valence-corrected chi connectivity index (χ2v) is 6.23. The number of furan rings is 1. The Morgan fingerprint density at radius 3 is 2.76 bits per heavy atom. The SMILES string of the molecule is O=C(NCc1ccc(Oc2nccs2)cc1)c1cc2ccccc2o1. The molecule has 5 nitrogen and oxygen atoms in total. The van der Waals surface area contributed by atoms with Crippen molar-refractivity contribution in [2.24, 2.45) is 0 Å². The first-order valence-electron chi connectivity index (χ1n) is 7.71. The van der Waals surface area contributed by atoms with Crippen molar-refractivity contribution in [3.8, 4) is 10.9 Å². The van der Waals surface area contributed by atoms with Gasteiger partial charge in [0, 0.05) is 23.5 Å². The molecule has 124 valence electrons. The minimum Gasteiger partial charge on any atom is -0.451 e. The maximum Gasteiger partial charge on any atom is 0.287 e. The van der Waals surface area contributed by atoms with Crippen molar-refractivity contribution in [3.05, 3.63) is 77.5 Å². The van der Waals surface area contributed by atoms with Crippen molar-refractivity contribution in [2.45, 2.75) is 6.54 Å². The molecular weight excluding hydrogens is 336 g/mol. The number of para-hydroxylation sites is 1. The molecule has 1 N–H and O–H groups in total. The van der Waals surface area contributed by atoms with Crippen LogP contribution in [0.4, 0.5) is 0 Å². The second-order valence-electron chi connectivity index (χ2n) is 5.38. The Hall–Kier alpha value is -3.12. The summed E-state index contributed by atoms with van der Waals surface area (Å²) in [5.74, 6) is 0.784. The third-order valence-electron chi connectivity index (χ3n) is 3.64. The minimum absolute atomic E-state index is 0.237. The van der Waals surface area contributed by atoms with E-state index >= 15 is 0 Å². The molecule has 25 heavy (non-hydrogen) atoms. The van der Waals surface area contributed by atoms with Crippen LogP contribution in [0.2, 0.25) is 0 Å². The quantitative estimate of drug-likeness (QED) is 0.571. The highest BCUT2D eigenvalue weighted by molar-refractivity contribution is 7.11. The van der Waals surface area contributed by atoms with Gasteiger partial charge in [-0.05, 0) is 29.8 Å². The third kappa shape index (κ3) is 3.54. The second kappa shape index (κ2) is 6.78. The lowest BCUT2D eigenvalue weighted by atomic mass is 10.2. The summed E-state index contributed by atoms with van der Waals surface area (Å²) in [5.41, 5.74) is 1.67. The molecule has 1 amide bonds. The first-order valence-corrected chi connectivity index (χ1v) is 8.59. The van der Waals surface area contributed by atoms with Crippen LogP contribution in [0.25, 0.3) is 11.0 Å². The number of hydrogen-bond acceptors (Lipinski definition) is 5. The monoisotopic (exact) mass is 350 g/mol.